The summed E-state index contributed by atoms with van der Waals surface area (Å²) in [6.45, 7) is 3.65. The zero-order valence-corrected chi connectivity index (χ0v) is 13.6. The van der Waals surface area contributed by atoms with Gasteiger partial charge in [-0.05, 0) is 39.5 Å². The lowest BCUT2D eigenvalue weighted by Crippen LogP contribution is -2.49. The highest BCUT2D eigenvalue weighted by Crippen LogP contribution is 2.42. The molecule has 0 bridgehead atoms. The first kappa shape index (κ1) is 16.0. The summed E-state index contributed by atoms with van der Waals surface area (Å²) >= 11 is 0. The Morgan fingerprint density at radius 3 is 2.35 bits per heavy atom. The van der Waals surface area contributed by atoms with Crippen LogP contribution in [0.4, 0.5) is 0 Å². The van der Waals surface area contributed by atoms with Crippen molar-refractivity contribution in [3.05, 3.63) is 0 Å². The molecule has 0 radical (unpaired) electrons. The van der Waals surface area contributed by atoms with Crippen molar-refractivity contribution in [1.29, 1.82) is 0 Å². The van der Waals surface area contributed by atoms with Crippen LogP contribution in [-0.2, 0) is 19.4 Å². The number of hydrogen-bond acceptors (Lipinski definition) is 4. The molecule has 1 unspecified atom stereocenters. The Morgan fingerprint density at radius 1 is 1.20 bits per heavy atom. The third-order valence-corrected chi connectivity index (χ3v) is 7.20. The number of sulfone groups is 1. The Hall–Kier alpha value is -0.420. The van der Waals surface area contributed by atoms with Crippen LogP contribution in [-0.4, -0.2) is 37.4 Å². The van der Waals surface area contributed by atoms with Crippen molar-refractivity contribution in [2.75, 3.05) is 12.9 Å². The van der Waals surface area contributed by atoms with Gasteiger partial charge in [-0.15, -0.1) is 0 Å². The highest BCUT2D eigenvalue weighted by Gasteiger charge is 2.47. The first-order chi connectivity index (χ1) is 9.18. The molecule has 1 saturated carbocycles. The van der Waals surface area contributed by atoms with Gasteiger partial charge in [-0.1, -0.05) is 19.3 Å². The van der Waals surface area contributed by atoms with Gasteiger partial charge in [0.2, 0.25) is 0 Å². The Kier molecular flexibility index (Phi) is 4.32. The molecular formula is C15H26O4S. The number of ketones is 1. The fourth-order valence-electron chi connectivity index (χ4n) is 3.47. The van der Waals surface area contributed by atoms with Crippen LogP contribution in [0.3, 0.4) is 0 Å². The second-order valence-electron chi connectivity index (χ2n) is 6.93. The molecule has 2 fully saturated rings. The molecule has 1 spiro atoms. The molecule has 2 rings (SSSR count). The summed E-state index contributed by atoms with van der Waals surface area (Å²) in [5, 5.41) is 0. The monoisotopic (exact) mass is 302 g/mol. The maximum Gasteiger partial charge on any atom is 0.159 e. The fraction of sp³-hybridized carbons (Fsp3) is 0.933. The summed E-state index contributed by atoms with van der Waals surface area (Å²) < 4.78 is 28.4. The first-order valence-corrected chi connectivity index (χ1v) is 9.45. The number of carbonyl (C=O) groups is 1. The summed E-state index contributed by atoms with van der Waals surface area (Å²) in [6, 6.07) is 0. The van der Waals surface area contributed by atoms with Gasteiger partial charge in [-0.25, -0.2) is 8.42 Å². The van der Waals surface area contributed by atoms with Gasteiger partial charge < -0.3 is 4.74 Å². The predicted octanol–water partition coefficient (Wildman–Crippen LogP) is 2.51. The number of ether oxygens (including phenoxy) is 1. The van der Waals surface area contributed by atoms with Crippen molar-refractivity contribution in [2.24, 2.45) is 5.92 Å². The quantitative estimate of drug-likeness (QED) is 0.803. The van der Waals surface area contributed by atoms with Crippen molar-refractivity contribution in [3.8, 4) is 0 Å². The number of rotatable bonds is 3. The second-order valence-corrected chi connectivity index (χ2v) is 9.49. The summed E-state index contributed by atoms with van der Waals surface area (Å²) in [5.74, 6) is -0.306. The van der Waals surface area contributed by atoms with E-state index in [2.05, 4.69) is 0 Å². The topological polar surface area (TPSA) is 60.4 Å². The second kappa shape index (κ2) is 5.41. The van der Waals surface area contributed by atoms with Gasteiger partial charge in [-0.2, -0.15) is 0 Å². The van der Waals surface area contributed by atoms with Crippen LogP contribution < -0.4 is 0 Å². The fourth-order valence-corrected chi connectivity index (χ4v) is 4.00. The van der Waals surface area contributed by atoms with E-state index in [9.17, 15) is 13.2 Å². The predicted molar refractivity (Wildman–Crippen MR) is 78.4 cm³/mol. The molecule has 1 aliphatic carbocycles. The lowest BCUT2D eigenvalue weighted by atomic mass is 9.73. The van der Waals surface area contributed by atoms with Crippen LogP contribution in [0.5, 0.6) is 0 Å². The van der Waals surface area contributed by atoms with E-state index < -0.39 is 14.6 Å². The molecule has 1 saturated heterocycles. The van der Waals surface area contributed by atoms with Crippen molar-refractivity contribution in [1.82, 2.24) is 0 Å². The molecule has 0 aromatic heterocycles. The summed E-state index contributed by atoms with van der Waals surface area (Å²) in [7, 11) is -3.38. The Balaban J connectivity index is 2.15. The van der Waals surface area contributed by atoms with Crippen LogP contribution in [0, 0.1) is 5.92 Å². The summed E-state index contributed by atoms with van der Waals surface area (Å²) in [4.78, 5) is 12.7. The van der Waals surface area contributed by atoms with E-state index in [1.165, 1.54) is 20.3 Å². The minimum absolute atomic E-state index is 0.131. The van der Waals surface area contributed by atoms with E-state index in [4.69, 9.17) is 4.74 Å². The molecule has 5 heteroatoms. The summed E-state index contributed by atoms with van der Waals surface area (Å²) in [6.07, 6.45) is 8.06. The lowest BCUT2D eigenvalue weighted by Gasteiger charge is -2.44. The zero-order chi connectivity index (χ0) is 15.0. The first-order valence-electron chi connectivity index (χ1n) is 7.56. The minimum atomic E-state index is -3.38. The maximum absolute atomic E-state index is 12.7. The van der Waals surface area contributed by atoms with Crippen LogP contribution >= 0.6 is 0 Å². The van der Waals surface area contributed by atoms with Crippen molar-refractivity contribution >= 4 is 15.6 Å². The largest absolute Gasteiger partial charge is 0.375 e. The van der Waals surface area contributed by atoms with E-state index >= 15 is 0 Å². The molecule has 1 heterocycles. The lowest BCUT2D eigenvalue weighted by molar-refractivity contribution is -0.144. The van der Waals surface area contributed by atoms with Crippen molar-refractivity contribution < 1.29 is 17.9 Å². The molecule has 116 valence electrons. The van der Waals surface area contributed by atoms with Crippen molar-refractivity contribution in [3.63, 3.8) is 0 Å². The van der Waals surface area contributed by atoms with Crippen LogP contribution in [0.25, 0.3) is 0 Å². The number of hydrogen-bond donors (Lipinski definition) is 0. The molecule has 20 heavy (non-hydrogen) atoms. The smallest absolute Gasteiger partial charge is 0.159 e. The SMILES string of the molecule is CC(C)(C(=O)C1CCOC2(CCCCC2)C1)S(C)(=O)=O. The van der Waals surface area contributed by atoms with E-state index in [0.29, 0.717) is 19.4 Å². The van der Waals surface area contributed by atoms with Crippen LogP contribution in [0.2, 0.25) is 0 Å². The number of Topliss-reactive ketones (excluding diaryl/α,β-unsaturated/α-hetero) is 1. The van der Waals surface area contributed by atoms with Gasteiger partial charge in [0, 0.05) is 18.8 Å². The zero-order valence-electron chi connectivity index (χ0n) is 12.8. The van der Waals surface area contributed by atoms with Gasteiger partial charge in [0.1, 0.15) is 4.75 Å². The number of carbonyl (C=O) groups excluding carboxylic acids is 1. The van der Waals surface area contributed by atoms with Gasteiger partial charge in [0.05, 0.1) is 5.60 Å². The van der Waals surface area contributed by atoms with Crippen LogP contribution in [0.15, 0.2) is 0 Å². The molecule has 0 N–H and O–H groups in total. The van der Waals surface area contributed by atoms with E-state index in [-0.39, 0.29) is 17.3 Å². The van der Waals surface area contributed by atoms with E-state index in [0.717, 1.165) is 31.9 Å². The molecular weight excluding hydrogens is 276 g/mol. The van der Waals surface area contributed by atoms with Crippen LogP contribution in [0.1, 0.15) is 58.8 Å². The Morgan fingerprint density at radius 2 is 1.80 bits per heavy atom. The van der Waals surface area contributed by atoms with E-state index in [1.807, 2.05) is 0 Å². The Labute approximate surface area is 122 Å². The van der Waals surface area contributed by atoms with Gasteiger partial charge in [0.15, 0.2) is 15.6 Å². The third kappa shape index (κ3) is 2.93. The molecule has 0 aromatic carbocycles. The average Bonchev–Trinajstić information content (AvgIpc) is 2.37. The van der Waals surface area contributed by atoms with Crippen molar-refractivity contribution in [2.45, 2.75) is 69.1 Å². The molecule has 4 nitrogen and oxygen atoms in total. The average molecular weight is 302 g/mol. The standard InChI is InChI=1S/C15H26O4S/c1-14(2,20(3,17)18)13(16)12-7-10-19-15(11-12)8-5-4-6-9-15/h12H,4-11H2,1-3H3. The Bertz CT molecular complexity index is 467. The summed E-state index contributed by atoms with van der Waals surface area (Å²) in [5.41, 5.74) is -0.162. The normalized spacial score (nSPS) is 27.4. The van der Waals surface area contributed by atoms with Gasteiger partial charge in [0.25, 0.3) is 0 Å². The molecule has 1 aliphatic heterocycles. The van der Waals surface area contributed by atoms with Gasteiger partial charge >= 0.3 is 0 Å². The maximum atomic E-state index is 12.7. The molecule has 2 aliphatic rings. The third-order valence-electron chi connectivity index (χ3n) is 5.15. The molecule has 0 amide bonds. The van der Waals surface area contributed by atoms with Gasteiger partial charge in [-0.3, -0.25) is 4.79 Å². The molecule has 1 atom stereocenters. The van der Waals surface area contributed by atoms with E-state index in [1.54, 1.807) is 0 Å². The molecule has 0 aromatic rings. The minimum Gasteiger partial charge on any atom is -0.375 e. The highest BCUT2D eigenvalue weighted by atomic mass is 32.2. The highest BCUT2D eigenvalue weighted by molar-refractivity contribution is 7.92.